The highest BCUT2D eigenvalue weighted by Gasteiger charge is 2.11. The van der Waals surface area contributed by atoms with Gasteiger partial charge < -0.3 is 10.6 Å². The average molecular weight is 423 g/mol. The third kappa shape index (κ3) is 5.51. The number of para-hydroxylation sites is 1. The third-order valence-corrected chi connectivity index (χ3v) is 5.79. The van der Waals surface area contributed by atoms with Crippen LogP contribution in [0.15, 0.2) is 60.0 Å². The molecule has 156 valence electrons. The molecule has 0 fully saturated rings. The number of nitrogens with zero attached hydrogens (tertiary/aromatic N) is 2. The summed E-state index contributed by atoms with van der Waals surface area (Å²) in [4.78, 5) is 28.7. The largest absolute Gasteiger partial charge is 0.346 e. The van der Waals surface area contributed by atoms with Crippen LogP contribution in [0.25, 0.3) is 5.69 Å². The number of aryl methyl sites for hydroxylation is 3. The van der Waals surface area contributed by atoms with E-state index >= 15 is 0 Å². The first kappa shape index (κ1) is 21.6. The summed E-state index contributed by atoms with van der Waals surface area (Å²) in [6.45, 7) is 6.11. The zero-order valence-corrected chi connectivity index (χ0v) is 18.3. The minimum absolute atomic E-state index is 0.0664. The number of nitrogens with one attached hydrogen (secondary N) is 2. The molecule has 6 nitrogen and oxygen atoms in total. The first-order valence-electron chi connectivity index (χ1n) is 9.86. The molecule has 7 heteroatoms. The minimum Gasteiger partial charge on any atom is -0.346 e. The minimum atomic E-state index is -0.245. The van der Waals surface area contributed by atoms with E-state index in [9.17, 15) is 9.59 Å². The number of hydrogen-bond donors (Lipinski definition) is 2. The van der Waals surface area contributed by atoms with Gasteiger partial charge in [0.25, 0.3) is 0 Å². The van der Waals surface area contributed by atoms with Gasteiger partial charge in [0.1, 0.15) is 0 Å². The number of benzene rings is 2. The molecule has 0 spiro atoms. The zero-order chi connectivity index (χ0) is 21.5. The second-order valence-electron chi connectivity index (χ2n) is 6.97. The fourth-order valence-electron chi connectivity index (χ4n) is 2.97. The summed E-state index contributed by atoms with van der Waals surface area (Å²) in [6.07, 6.45) is 4.42. The molecule has 2 aromatic carbocycles. The number of rotatable bonds is 8. The van der Waals surface area contributed by atoms with Gasteiger partial charge in [-0.05, 0) is 55.2 Å². The van der Waals surface area contributed by atoms with Gasteiger partial charge in [-0.15, -0.1) is 0 Å². The number of imidazole rings is 1. The van der Waals surface area contributed by atoms with E-state index in [4.69, 9.17) is 0 Å². The van der Waals surface area contributed by atoms with Crippen molar-refractivity contribution in [3.05, 3.63) is 71.5 Å². The first-order valence-corrected chi connectivity index (χ1v) is 10.8. The van der Waals surface area contributed by atoms with Crippen molar-refractivity contribution in [2.45, 2.75) is 32.3 Å². The van der Waals surface area contributed by atoms with Gasteiger partial charge in [-0.25, -0.2) is 4.98 Å². The highest BCUT2D eigenvalue weighted by molar-refractivity contribution is 7.99. The Morgan fingerprint density at radius 3 is 2.63 bits per heavy atom. The summed E-state index contributed by atoms with van der Waals surface area (Å²) in [5.74, 6) is -0.278. The fourth-order valence-corrected chi connectivity index (χ4v) is 3.78. The first-order chi connectivity index (χ1) is 14.5. The second kappa shape index (κ2) is 10.1. The molecule has 0 radical (unpaired) electrons. The lowest BCUT2D eigenvalue weighted by atomic mass is 10.1. The Kier molecular flexibility index (Phi) is 7.30. The number of carbonyl (C=O) groups excluding carboxylic acids is 2. The molecule has 0 aliphatic heterocycles. The van der Waals surface area contributed by atoms with Crippen molar-refractivity contribution in [1.29, 1.82) is 0 Å². The van der Waals surface area contributed by atoms with Crippen molar-refractivity contribution < 1.29 is 9.59 Å². The monoisotopic (exact) mass is 422 g/mol. The van der Waals surface area contributed by atoms with Crippen LogP contribution in [-0.2, 0) is 16.0 Å². The molecular formula is C23H26N4O2S. The Labute approximate surface area is 181 Å². The van der Waals surface area contributed by atoms with Crippen molar-refractivity contribution in [3.8, 4) is 5.69 Å². The maximum atomic E-state index is 12.2. The lowest BCUT2D eigenvalue weighted by molar-refractivity contribution is -0.122. The van der Waals surface area contributed by atoms with Crippen LogP contribution in [0, 0.1) is 13.8 Å². The lowest BCUT2D eigenvalue weighted by Crippen LogP contribution is -2.34. The molecule has 0 bridgehead atoms. The van der Waals surface area contributed by atoms with Crippen LogP contribution < -0.4 is 10.6 Å². The standard InChI is InChI=1S/C23H26N4O2S/c1-4-18-7-5-6-8-20(18)26-21(28)14-25-22(29)15-30-23-24-11-12-27(23)19-10-9-16(2)17(3)13-19/h5-13H,4,14-15H2,1-3H3,(H,25,29)(H,26,28). The van der Waals surface area contributed by atoms with Crippen LogP contribution in [0.5, 0.6) is 0 Å². The van der Waals surface area contributed by atoms with Crippen LogP contribution in [0.1, 0.15) is 23.6 Å². The maximum Gasteiger partial charge on any atom is 0.243 e. The van der Waals surface area contributed by atoms with Crippen molar-refractivity contribution in [2.75, 3.05) is 17.6 Å². The molecule has 1 heterocycles. The van der Waals surface area contributed by atoms with E-state index in [1.165, 1.54) is 22.9 Å². The maximum absolute atomic E-state index is 12.2. The predicted octanol–water partition coefficient (Wildman–Crippen LogP) is 3.90. The Hall–Kier alpha value is -3.06. The molecule has 30 heavy (non-hydrogen) atoms. The third-order valence-electron chi connectivity index (χ3n) is 4.83. The van der Waals surface area contributed by atoms with Gasteiger partial charge in [-0.2, -0.15) is 0 Å². The Balaban J connectivity index is 1.51. The van der Waals surface area contributed by atoms with Crippen molar-refractivity contribution in [2.24, 2.45) is 0 Å². The van der Waals surface area contributed by atoms with Crippen molar-refractivity contribution in [1.82, 2.24) is 14.9 Å². The Morgan fingerprint density at radius 2 is 1.87 bits per heavy atom. The summed E-state index contributed by atoms with van der Waals surface area (Å²) in [7, 11) is 0. The summed E-state index contributed by atoms with van der Waals surface area (Å²) in [6, 6.07) is 13.9. The van der Waals surface area contributed by atoms with Crippen LogP contribution in [0.2, 0.25) is 0 Å². The van der Waals surface area contributed by atoms with Crippen LogP contribution >= 0.6 is 11.8 Å². The van der Waals surface area contributed by atoms with E-state index in [1.807, 2.05) is 48.0 Å². The molecule has 3 rings (SSSR count). The molecule has 3 aromatic rings. The Morgan fingerprint density at radius 1 is 1.07 bits per heavy atom. The van der Waals surface area contributed by atoms with Gasteiger partial charge >= 0.3 is 0 Å². The highest BCUT2D eigenvalue weighted by Crippen LogP contribution is 2.22. The fraction of sp³-hybridized carbons (Fsp3) is 0.261. The number of aromatic nitrogens is 2. The van der Waals surface area contributed by atoms with E-state index in [2.05, 4.69) is 41.6 Å². The molecule has 0 aliphatic rings. The molecule has 1 aromatic heterocycles. The lowest BCUT2D eigenvalue weighted by Gasteiger charge is -2.11. The van der Waals surface area contributed by atoms with Gasteiger partial charge in [0.05, 0.1) is 12.3 Å². The molecule has 2 N–H and O–H groups in total. The molecular weight excluding hydrogens is 396 g/mol. The van der Waals surface area contributed by atoms with E-state index in [0.717, 1.165) is 28.5 Å². The molecule has 2 amide bonds. The van der Waals surface area contributed by atoms with E-state index in [0.29, 0.717) is 0 Å². The van der Waals surface area contributed by atoms with Crippen LogP contribution in [0.3, 0.4) is 0 Å². The van der Waals surface area contributed by atoms with E-state index in [1.54, 1.807) is 6.20 Å². The summed E-state index contributed by atoms with van der Waals surface area (Å²) in [5, 5.41) is 6.25. The predicted molar refractivity (Wildman–Crippen MR) is 121 cm³/mol. The summed E-state index contributed by atoms with van der Waals surface area (Å²) < 4.78 is 1.96. The smallest absolute Gasteiger partial charge is 0.243 e. The average Bonchev–Trinajstić information content (AvgIpc) is 3.22. The Bertz CT molecular complexity index is 1050. The second-order valence-corrected chi connectivity index (χ2v) is 7.92. The van der Waals surface area contributed by atoms with Crippen molar-refractivity contribution in [3.63, 3.8) is 0 Å². The van der Waals surface area contributed by atoms with E-state index in [-0.39, 0.29) is 24.1 Å². The number of anilines is 1. The summed E-state index contributed by atoms with van der Waals surface area (Å²) >= 11 is 1.34. The topological polar surface area (TPSA) is 76.0 Å². The van der Waals surface area contributed by atoms with Gasteiger partial charge in [0.2, 0.25) is 11.8 Å². The SMILES string of the molecule is CCc1ccccc1NC(=O)CNC(=O)CSc1nccn1-c1ccc(C)c(C)c1. The molecule has 0 atom stereocenters. The molecule has 0 saturated heterocycles. The van der Waals surface area contributed by atoms with Crippen LogP contribution in [0.4, 0.5) is 5.69 Å². The van der Waals surface area contributed by atoms with Crippen molar-refractivity contribution >= 4 is 29.3 Å². The quantitative estimate of drug-likeness (QED) is 0.540. The van der Waals surface area contributed by atoms with Gasteiger partial charge in [0.15, 0.2) is 5.16 Å². The molecule has 0 unspecified atom stereocenters. The number of thioether (sulfide) groups is 1. The zero-order valence-electron chi connectivity index (χ0n) is 17.4. The normalized spacial score (nSPS) is 10.6. The number of carbonyl (C=O) groups is 2. The van der Waals surface area contributed by atoms with Crippen LogP contribution in [-0.4, -0.2) is 33.7 Å². The van der Waals surface area contributed by atoms with Gasteiger partial charge in [0, 0.05) is 23.8 Å². The van der Waals surface area contributed by atoms with Gasteiger partial charge in [-0.3, -0.25) is 14.2 Å². The molecule has 0 aliphatic carbocycles. The van der Waals surface area contributed by atoms with E-state index < -0.39 is 0 Å². The molecule has 0 saturated carbocycles. The number of hydrogen-bond acceptors (Lipinski definition) is 4. The summed E-state index contributed by atoms with van der Waals surface area (Å²) in [5.41, 5.74) is 5.28. The highest BCUT2D eigenvalue weighted by atomic mass is 32.2. The van der Waals surface area contributed by atoms with Gasteiger partial charge in [-0.1, -0.05) is 43.0 Å². The number of amides is 2.